The van der Waals surface area contributed by atoms with Gasteiger partial charge in [0.1, 0.15) is 0 Å². The molecule has 0 N–H and O–H groups in total. The lowest BCUT2D eigenvalue weighted by Crippen LogP contribution is -2.26. The lowest BCUT2D eigenvalue weighted by molar-refractivity contribution is 0.481. The highest BCUT2D eigenvalue weighted by Gasteiger charge is 2.31. The van der Waals surface area contributed by atoms with Crippen LogP contribution in [-0.4, -0.2) is 30.8 Å². The molecule has 1 fully saturated rings. The fourth-order valence-corrected chi connectivity index (χ4v) is 3.88. The number of pyridine rings is 1. The summed E-state index contributed by atoms with van der Waals surface area (Å²) in [7, 11) is -3.37. The van der Waals surface area contributed by atoms with Gasteiger partial charge in [-0.2, -0.15) is 4.31 Å². The first kappa shape index (κ1) is 14.9. The Bertz CT molecular complexity index is 743. The molecule has 114 valence electrons. The number of hydrogen-bond acceptors (Lipinski definition) is 3. The summed E-state index contributed by atoms with van der Waals surface area (Å²) in [6.45, 7) is 1.04. The van der Waals surface area contributed by atoms with Gasteiger partial charge in [-0.15, -0.1) is 0 Å². The monoisotopic (exact) mass is 314 g/mol. The molecule has 22 heavy (non-hydrogen) atoms. The molecule has 0 unspecified atom stereocenters. The maximum Gasteiger partial charge on any atom is 0.236 e. The highest BCUT2D eigenvalue weighted by Crippen LogP contribution is 2.28. The Morgan fingerprint density at radius 2 is 1.86 bits per heavy atom. The molecule has 0 saturated carbocycles. The molecule has 1 aliphatic heterocycles. The van der Waals surface area contributed by atoms with Gasteiger partial charge in [-0.3, -0.25) is 4.98 Å². The van der Waals surface area contributed by atoms with E-state index in [9.17, 15) is 8.42 Å². The van der Waals surface area contributed by atoms with Crippen molar-refractivity contribution in [3.63, 3.8) is 0 Å². The van der Waals surface area contributed by atoms with E-state index in [1.165, 1.54) is 9.71 Å². The van der Waals surface area contributed by atoms with Gasteiger partial charge in [0.2, 0.25) is 10.0 Å². The van der Waals surface area contributed by atoms with E-state index in [0.29, 0.717) is 13.1 Å². The lowest BCUT2D eigenvalue weighted by atomic mass is 10.0. The maximum atomic E-state index is 12.4. The van der Waals surface area contributed by atoms with Gasteiger partial charge in [0.05, 0.1) is 0 Å². The number of sulfonamides is 1. The molecule has 0 aliphatic carbocycles. The topological polar surface area (TPSA) is 50.3 Å². The third kappa shape index (κ3) is 3.43. The van der Waals surface area contributed by atoms with Crippen molar-refractivity contribution in [1.29, 1.82) is 0 Å². The molecule has 1 aromatic heterocycles. The van der Waals surface area contributed by atoms with Gasteiger partial charge in [-0.1, -0.05) is 36.4 Å². The molecule has 3 rings (SSSR count). The van der Waals surface area contributed by atoms with Crippen LogP contribution in [0.2, 0.25) is 0 Å². The second kappa shape index (κ2) is 6.42. The van der Waals surface area contributed by atoms with Crippen LogP contribution >= 0.6 is 0 Å². The van der Waals surface area contributed by atoms with Gasteiger partial charge in [0.15, 0.2) is 0 Å². The highest BCUT2D eigenvalue weighted by atomic mass is 32.2. The van der Waals surface area contributed by atoms with Crippen LogP contribution in [0.25, 0.3) is 6.08 Å². The summed E-state index contributed by atoms with van der Waals surface area (Å²) in [5, 5.41) is 1.29. The molecule has 0 bridgehead atoms. The average molecular weight is 314 g/mol. The Labute approximate surface area is 131 Å². The zero-order chi connectivity index (χ0) is 15.4. The Kier molecular flexibility index (Phi) is 4.36. The first-order chi connectivity index (χ1) is 10.6. The van der Waals surface area contributed by atoms with Crippen LogP contribution in [0.15, 0.2) is 60.1 Å². The number of aromatic nitrogens is 1. The molecule has 0 amide bonds. The summed E-state index contributed by atoms with van der Waals surface area (Å²) >= 11 is 0. The predicted molar refractivity (Wildman–Crippen MR) is 87.6 cm³/mol. The van der Waals surface area contributed by atoms with Crippen LogP contribution in [0.1, 0.15) is 23.6 Å². The third-order valence-electron chi connectivity index (χ3n) is 3.85. The van der Waals surface area contributed by atoms with Crippen molar-refractivity contribution in [2.45, 2.75) is 12.3 Å². The zero-order valence-electron chi connectivity index (χ0n) is 12.2. The number of rotatable bonds is 4. The van der Waals surface area contributed by atoms with Crippen molar-refractivity contribution in [3.8, 4) is 0 Å². The minimum Gasteiger partial charge on any atom is -0.261 e. The standard InChI is InChI=1S/C17H18N2O2S/c20-22(21,13-10-15-6-2-1-3-7-15)19-12-9-16(14-19)17-8-4-5-11-18-17/h1-8,10-11,13,16H,9,12,14H2/b13-10+/t16-/m0/s1. The summed E-state index contributed by atoms with van der Waals surface area (Å²) in [6, 6.07) is 15.2. The predicted octanol–water partition coefficient (Wildman–Crippen LogP) is 2.87. The first-order valence-corrected chi connectivity index (χ1v) is 8.80. The van der Waals surface area contributed by atoms with Crippen molar-refractivity contribution in [3.05, 3.63) is 71.4 Å². The molecule has 5 heteroatoms. The van der Waals surface area contributed by atoms with Gasteiger partial charge in [-0.05, 0) is 30.2 Å². The van der Waals surface area contributed by atoms with E-state index in [-0.39, 0.29) is 5.92 Å². The number of nitrogens with zero attached hydrogens (tertiary/aromatic N) is 2. The van der Waals surface area contributed by atoms with Crippen molar-refractivity contribution < 1.29 is 8.42 Å². The van der Waals surface area contributed by atoms with E-state index >= 15 is 0 Å². The molecule has 4 nitrogen and oxygen atoms in total. The van der Waals surface area contributed by atoms with Gasteiger partial charge < -0.3 is 0 Å². The lowest BCUT2D eigenvalue weighted by Gasteiger charge is -2.13. The normalized spacial score (nSPS) is 19.7. The molecular formula is C17H18N2O2S. The Morgan fingerprint density at radius 1 is 1.09 bits per heavy atom. The van der Waals surface area contributed by atoms with Crippen molar-refractivity contribution >= 4 is 16.1 Å². The molecule has 2 aromatic rings. The van der Waals surface area contributed by atoms with E-state index in [1.54, 1.807) is 12.3 Å². The fraction of sp³-hybridized carbons (Fsp3) is 0.235. The molecule has 0 radical (unpaired) electrons. The number of hydrogen-bond donors (Lipinski definition) is 0. The molecule has 1 aromatic carbocycles. The first-order valence-electron chi connectivity index (χ1n) is 7.29. The quantitative estimate of drug-likeness (QED) is 0.872. The molecule has 0 spiro atoms. The van der Waals surface area contributed by atoms with Gasteiger partial charge in [-0.25, -0.2) is 8.42 Å². The summed E-state index contributed by atoms with van der Waals surface area (Å²) in [4.78, 5) is 4.33. The van der Waals surface area contributed by atoms with E-state index in [2.05, 4.69) is 4.98 Å². The van der Waals surface area contributed by atoms with E-state index in [0.717, 1.165) is 17.7 Å². The summed E-state index contributed by atoms with van der Waals surface area (Å²) in [5.41, 5.74) is 1.85. The van der Waals surface area contributed by atoms with Crippen molar-refractivity contribution in [2.24, 2.45) is 0 Å². The van der Waals surface area contributed by atoms with Crippen LogP contribution in [0.5, 0.6) is 0 Å². The molecule has 1 atom stereocenters. The molecule has 1 aliphatic rings. The van der Waals surface area contributed by atoms with Crippen molar-refractivity contribution in [2.75, 3.05) is 13.1 Å². The smallest absolute Gasteiger partial charge is 0.236 e. The van der Waals surface area contributed by atoms with Gasteiger partial charge in [0, 0.05) is 36.3 Å². The Balaban J connectivity index is 1.70. The third-order valence-corrected chi connectivity index (χ3v) is 5.38. The average Bonchev–Trinajstić information content (AvgIpc) is 3.06. The van der Waals surface area contributed by atoms with Crippen LogP contribution < -0.4 is 0 Å². The zero-order valence-corrected chi connectivity index (χ0v) is 13.0. The fourth-order valence-electron chi connectivity index (χ4n) is 2.63. The Morgan fingerprint density at radius 3 is 2.59 bits per heavy atom. The van der Waals surface area contributed by atoms with Crippen LogP contribution in [0.3, 0.4) is 0 Å². The van der Waals surface area contributed by atoms with Gasteiger partial charge >= 0.3 is 0 Å². The highest BCUT2D eigenvalue weighted by molar-refractivity contribution is 7.92. The minimum absolute atomic E-state index is 0.182. The summed E-state index contributed by atoms with van der Waals surface area (Å²) in [6.07, 6.45) is 4.21. The van der Waals surface area contributed by atoms with Gasteiger partial charge in [0.25, 0.3) is 0 Å². The van der Waals surface area contributed by atoms with E-state index in [1.807, 2.05) is 48.5 Å². The summed E-state index contributed by atoms with van der Waals surface area (Å²) in [5.74, 6) is 0.182. The van der Waals surface area contributed by atoms with Crippen LogP contribution in [0, 0.1) is 0 Å². The maximum absolute atomic E-state index is 12.4. The molecule has 1 saturated heterocycles. The molecule has 2 heterocycles. The number of benzene rings is 1. The van der Waals surface area contributed by atoms with Crippen LogP contribution in [-0.2, 0) is 10.0 Å². The van der Waals surface area contributed by atoms with Crippen LogP contribution in [0.4, 0.5) is 0 Å². The second-order valence-corrected chi connectivity index (χ2v) is 7.18. The summed E-state index contributed by atoms with van der Waals surface area (Å²) < 4.78 is 26.3. The van der Waals surface area contributed by atoms with Crippen molar-refractivity contribution in [1.82, 2.24) is 9.29 Å². The second-order valence-electron chi connectivity index (χ2n) is 5.36. The minimum atomic E-state index is -3.37. The largest absolute Gasteiger partial charge is 0.261 e. The molecular weight excluding hydrogens is 296 g/mol. The van der Waals surface area contributed by atoms with E-state index in [4.69, 9.17) is 0 Å². The Hall–Kier alpha value is -1.98. The van der Waals surface area contributed by atoms with E-state index < -0.39 is 10.0 Å². The SMILES string of the molecule is O=S(=O)(/C=C/c1ccccc1)N1CC[C@H](c2ccccn2)C1.